The average Bonchev–Trinajstić information content (AvgIpc) is 2.61. The van der Waals surface area contributed by atoms with Crippen molar-refractivity contribution in [3.05, 3.63) is 11.4 Å². The summed E-state index contributed by atoms with van der Waals surface area (Å²) in [6, 6.07) is -0.416. The monoisotopic (exact) mass is 219 g/mol. The standard InChI is InChI=1S/C8H11F2N3O2/c1-5(2-3-14)13-7(8(9)10)6(4-15)11-12-13/h4-5,8,14H,2-3H2,1H3. The van der Waals surface area contributed by atoms with Crippen LogP contribution < -0.4 is 0 Å². The summed E-state index contributed by atoms with van der Waals surface area (Å²) in [6.07, 6.45) is -2.28. The summed E-state index contributed by atoms with van der Waals surface area (Å²) in [5.74, 6) is 0. The topological polar surface area (TPSA) is 68.0 Å². The maximum absolute atomic E-state index is 12.6. The number of nitrogens with zero attached hydrogens (tertiary/aromatic N) is 3. The summed E-state index contributed by atoms with van der Waals surface area (Å²) in [4.78, 5) is 10.4. The Hall–Kier alpha value is -1.37. The molecule has 5 nitrogen and oxygen atoms in total. The van der Waals surface area contributed by atoms with Crippen molar-refractivity contribution in [3.8, 4) is 0 Å². The number of carbonyl (C=O) groups is 1. The molecule has 15 heavy (non-hydrogen) atoms. The Morgan fingerprint density at radius 1 is 1.60 bits per heavy atom. The van der Waals surface area contributed by atoms with Gasteiger partial charge in [-0.3, -0.25) is 4.79 Å². The second kappa shape index (κ2) is 4.92. The van der Waals surface area contributed by atoms with Crippen LogP contribution in [0.15, 0.2) is 0 Å². The van der Waals surface area contributed by atoms with Crippen molar-refractivity contribution in [2.75, 3.05) is 6.61 Å². The van der Waals surface area contributed by atoms with E-state index in [1.807, 2.05) is 0 Å². The van der Waals surface area contributed by atoms with Crippen LogP contribution in [-0.2, 0) is 0 Å². The van der Waals surface area contributed by atoms with Crippen LogP contribution in [0.25, 0.3) is 0 Å². The molecular weight excluding hydrogens is 208 g/mol. The summed E-state index contributed by atoms with van der Waals surface area (Å²) in [6.45, 7) is 1.48. The van der Waals surface area contributed by atoms with Gasteiger partial charge in [-0.05, 0) is 13.3 Å². The van der Waals surface area contributed by atoms with Gasteiger partial charge in [0.2, 0.25) is 0 Å². The van der Waals surface area contributed by atoms with Crippen LogP contribution >= 0.6 is 0 Å². The van der Waals surface area contributed by atoms with Crippen molar-refractivity contribution < 1.29 is 18.7 Å². The lowest BCUT2D eigenvalue weighted by Crippen LogP contribution is -2.13. The van der Waals surface area contributed by atoms with Crippen molar-refractivity contribution in [1.82, 2.24) is 15.0 Å². The Balaban J connectivity index is 3.06. The molecule has 0 saturated heterocycles. The van der Waals surface area contributed by atoms with E-state index >= 15 is 0 Å². The Kier molecular flexibility index (Phi) is 3.84. The van der Waals surface area contributed by atoms with E-state index < -0.39 is 18.2 Å². The normalized spacial score (nSPS) is 13.1. The first-order valence-electron chi connectivity index (χ1n) is 4.41. The van der Waals surface area contributed by atoms with Crippen molar-refractivity contribution in [3.63, 3.8) is 0 Å². The van der Waals surface area contributed by atoms with E-state index in [0.29, 0.717) is 0 Å². The Bertz CT molecular complexity index is 341. The molecule has 7 heteroatoms. The van der Waals surface area contributed by atoms with E-state index in [1.54, 1.807) is 6.92 Å². The zero-order valence-electron chi connectivity index (χ0n) is 8.10. The second-order valence-electron chi connectivity index (χ2n) is 3.08. The predicted octanol–water partition coefficient (Wildman–Crippen LogP) is 0.972. The third-order valence-electron chi connectivity index (χ3n) is 2.04. The molecule has 0 aliphatic heterocycles. The lowest BCUT2D eigenvalue weighted by atomic mass is 10.2. The highest BCUT2D eigenvalue weighted by molar-refractivity contribution is 5.73. The first-order chi connectivity index (χ1) is 7.11. The third kappa shape index (κ3) is 2.35. The maximum Gasteiger partial charge on any atom is 0.282 e. The second-order valence-corrected chi connectivity index (χ2v) is 3.08. The quantitative estimate of drug-likeness (QED) is 0.749. The van der Waals surface area contributed by atoms with E-state index in [1.165, 1.54) is 0 Å². The lowest BCUT2D eigenvalue weighted by Gasteiger charge is -2.12. The molecule has 1 unspecified atom stereocenters. The van der Waals surface area contributed by atoms with E-state index in [2.05, 4.69) is 10.3 Å². The molecule has 0 saturated carbocycles. The fourth-order valence-electron chi connectivity index (χ4n) is 1.24. The third-order valence-corrected chi connectivity index (χ3v) is 2.04. The molecule has 0 aliphatic rings. The van der Waals surface area contributed by atoms with E-state index in [4.69, 9.17) is 5.11 Å². The molecule has 0 bridgehead atoms. The Morgan fingerprint density at radius 3 is 2.73 bits per heavy atom. The predicted molar refractivity (Wildman–Crippen MR) is 46.8 cm³/mol. The van der Waals surface area contributed by atoms with E-state index in [9.17, 15) is 13.6 Å². The van der Waals surface area contributed by atoms with Crippen LogP contribution in [0.2, 0.25) is 0 Å². The maximum atomic E-state index is 12.6. The number of carbonyl (C=O) groups excluding carboxylic acids is 1. The lowest BCUT2D eigenvalue weighted by molar-refractivity contribution is 0.109. The summed E-state index contributed by atoms with van der Waals surface area (Å²) < 4.78 is 26.2. The zero-order chi connectivity index (χ0) is 11.4. The number of hydrogen-bond donors (Lipinski definition) is 1. The van der Waals surface area contributed by atoms with Crippen molar-refractivity contribution in [2.45, 2.75) is 25.8 Å². The molecule has 1 aromatic heterocycles. The van der Waals surface area contributed by atoms with Gasteiger partial charge in [0.25, 0.3) is 6.43 Å². The SMILES string of the molecule is CC(CCO)n1nnc(C=O)c1C(F)F. The fourth-order valence-corrected chi connectivity index (χ4v) is 1.24. The Labute approximate surface area is 84.7 Å². The molecule has 0 fully saturated rings. The minimum Gasteiger partial charge on any atom is -0.396 e. The summed E-state index contributed by atoms with van der Waals surface area (Å²) in [7, 11) is 0. The average molecular weight is 219 g/mol. The smallest absolute Gasteiger partial charge is 0.282 e. The number of alkyl halides is 2. The molecule has 1 N–H and O–H groups in total. The van der Waals surface area contributed by atoms with E-state index in [-0.39, 0.29) is 25.0 Å². The molecule has 0 amide bonds. The molecule has 1 rings (SSSR count). The van der Waals surface area contributed by atoms with Crippen LogP contribution in [0.3, 0.4) is 0 Å². The van der Waals surface area contributed by atoms with Gasteiger partial charge in [0, 0.05) is 6.61 Å². The highest BCUT2D eigenvalue weighted by atomic mass is 19.3. The van der Waals surface area contributed by atoms with Crippen molar-refractivity contribution >= 4 is 6.29 Å². The van der Waals surface area contributed by atoms with E-state index in [0.717, 1.165) is 4.68 Å². The molecule has 0 spiro atoms. The van der Waals surface area contributed by atoms with Gasteiger partial charge in [0.15, 0.2) is 12.0 Å². The van der Waals surface area contributed by atoms with Gasteiger partial charge in [-0.2, -0.15) is 0 Å². The molecule has 0 aliphatic carbocycles. The first-order valence-corrected chi connectivity index (χ1v) is 4.41. The number of aromatic nitrogens is 3. The van der Waals surface area contributed by atoms with Gasteiger partial charge in [0.1, 0.15) is 5.69 Å². The van der Waals surface area contributed by atoms with Gasteiger partial charge in [-0.25, -0.2) is 13.5 Å². The minimum absolute atomic E-state index is 0.139. The fraction of sp³-hybridized carbons (Fsp3) is 0.625. The number of aldehydes is 1. The highest BCUT2D eigenvalue weighted by Gasteiger charge is 2.23. The summed E-state index contributed by atoms with van der Waals surface area (Å²) in [5.41, 5.74) is -0.847. The molecule has 1 atom stereocenters. The molecule has 0 aromatic carbocycles. The Morgan fingerprint density at radius 2 is 2.27 bits per heavy atom. The number of rotatable bonds is 5. The molecule has 0 radical (unpaired) electrons. The van der Waals surface area contributed by atoms with Gasteiger partial charge in [-0.15, -0.1) is 5.10 Å². The van der Waals surface area contributed by atoms with Gasteiger partial charge >= 0.3 is 0 Å². The zero-order valence-corrected chi connectivity index (χ0v) is 8.10. The number of aliphatic hydroxyl groups is 1. The van der Waals surface area contributed by atoms with Crippen LogP contribution in [0.4, 0.5) is 8.78 Å². The van der Waals surface area contributed by atoms with Gasteiger partial charge in [-0.1, -0.05) is 5.21 Å². The molecule has 1 aromatic rings. The number of halogens is 2. The molecule has 1 heterocycles. The van der Waals surface area contributed by atoms with Gasteiger partial charge < -0.3 is 5.11 Å². The van der Waals surface area contributed by atoms with Crippen molar-refractivity contribution in [1.29, 1.82) is 0 Å². The molecular formula is C8H11F2N3O2. The van der Waals surface area contributed by atoms with Crippen LogP contribution in [0, 0.1) is 0 Å². The van der Waals surface area contributed by atoms with Crippen LogP contribution in [-0.4, -0.2) is 33.0 Å². The summed E-state index contributed by atoms with van der Waals surface area (Å²) >= 11 is 0. The van der Waals surface area contributed by atoms with Crippen molar-refractivity contribution in [2.24, 2.45) is 0 Å². The van der Waals surface area contributed by atoms with Crippen LogP contribution in [0.5, 0.6) is 0 Å². The largest absolute Gasteiger partial charge is 0.396 e. The number of hydrogen-bond acceptors (Lipinski definition) is 4. The van der Waals surface area contributed by atoms with Crippen LogP contribution in [0.1, 0.15) is 42.0 Å². The minimum atomic E-state index is -2.80. The molecule has 84 valence electrons. The summed E-state index contributed by atoms with van der Waals surface area (Å²) in [5, 5.41) is 15.5. The van der Waals surface area contributed by atoms with Gasteiger partial charge in [0.05, 0.1) is 6.04 Å². The number of aliphatic hydroxyl groups excluding tert-OH is 1. The first kappa shape index (κ1) is 11.7. The highest BCUT2D eigenvalue weighted by Crippen LogP contribution is 2.24.